The second-order valence-electron chi connectivity index (χ2n) is 8.39. The molecule has 0 aromatic heterocycles. The normalized spacial score (nSPS) is 12.4. The minimum atomic E-state index is -0.904. The standard InChI is InChI=1S/C25H29NO5/c1-25(2,3)31-24(29)30-23-14-22(26-15-17-9-5-4-6-10-17)21(13-18(28)16-27)19-11-7-8-12-20(19)23/h4-12,14,18,26-28H,13,15-16H2,1-3H3. The average Bonchev–Trinajstić information content (AvgIpc) is 2.73. The fourth-order valence-corrected chi connectivity index (χ4v) is 3.32. The molecule has 0 amide bonds. The third-order valence-corrected chi connectivity index (χ3v) is 4.68. The van der Waals surface area contributed by atoms with Crippen molar-refractivity contribution in [2.45, 2.75) is 45.4 Å². The Labute approximate surface area is 182 Å². The molecule has 3 rings (SSSR count). The van der Waals surface area contributed by atoms with Gasteiger partial charge in [-0.25, -0.2) is 4.79 Å². The molecule has 0 aliphatic rings. The predicted molar refractivity (Wildman–Crippen MR) is 121 cm³/mol. The molecular weight excluding hydrogens is 394 g/mol. The molecule has 1 atom stereocenters. The summed E-state index contributed by atoms with van der Waals surface area (Å²) in [6, 6.07) is 19.1. The van der Waals surface area contributed by atoms with Gasteiger partial charge >= 0.3 is 6.16 Å². The summed E-state index contributed by atoms with van der Waals surface area (Å²) in [5, 5.41) is 24.5. The van der Waals surface area contributed by atoms with Crippen LogP contribution in [0.2, 0.25) is 0 Å². The van der Waals surface area contributed by atoms with Crippen LogP contribution in [-0.4, -0.2) is 34.7 Å². The van der Waals surface area contributed by atoms with E-state index in [9.17, 15) is 15.0 Å². The van der Waals surface area contributed by atoms with E-state index in [2.05, 4.69) is 5.32 Å². The average molecular weight is 424 g/mol. The van der Waals surface area contributed by atoms with Crippen molar-refractivity contribution in [3.8, 4) is 5.75 Å². The van der Waals surface area contributed by atoms with Crippen LogP contribution in [0.4, 0.5) is 10.5 Å². The Kier molecular flexibility index (Phi) is 7.15. The molecule has 1 unspecified atom stereocenters. The zero-order valence-electron chi connectivity index (χ0n) is 18.1. The van der Waals surface area contributed by atoms with Crippen molar-refractivity contribution in [2.24, 2.45) is 0 Å². The molecule has 0 bridgehead atoms. The molecule has 164 valence electrons. The summed E-state index contributed by atoms with van der Waals surface area (Å²) in [4.78, 5) is 12.3. The lowest BCUT2D eigenvalue weighted by Crippen LogP contribution is -2.26. The number of benzene rings is 3. The van der Waals surface area contributed by atoms with Crippen molar-refractivity contribution in [3.05, 3.63) is 71.8 Å². The lowest BCUT2D eigenvalue weighted by Gasteiger charge is -2.21. The Balaban J connectivity index is 2.02. The lowest BCUT2D eigenvalue weighted by molar-refractivity contribution is 0.0209. The lowest BCUT2D eigenvalue weighted by atomic mass is 9.97. The zero-order chi connectivity index (χ0) is 22.4. The molecule has 0 radical (unpaired) electrons. The first-order chi connectivity index (χ1) is 14.8. The van der Waals surface area contributed by atoms with Gasteiger partial charge in [-0.05, 0) is 37.3 Å². The number of carbonyl (C=O) groups excluding carboxylic acids is 1. The highest BCUT2D eigenvalue weighted by molar-refractivity contribution is 5.96. The maximum atomic E-state index is 12.3. The zero-order valence-corrected chi connectivity index (χ0v) is 18.1. The molecule has 6 heteroatoms. The van der Waals surface area contributed by atoms with E-state index in [0.29, 0.717) is 18.0 Å². The Bertz CT molecular complexity index is 1030. The maximum absolute atomic E-state index is 12.3. The minimum Gasteiger partial charge on any atom is -0.428 e. The van der Waals surface area contributed by atoms with E-state index in [-0.39, 0.29) is 13.0 Å². The van der Waals surface area contributed by atoms with Gasteiger partial charge in [0.25, 0.3) is 0 Å². The van der Waals surface area contributed by atoms with Gasteiger partial charge in [0.2, 0.25) is 0 Å². The molecule has 0 heterocycles. The number of hydrogen-bond donors (Lipinski definition) is 3. The van der Waals surface area contributed by atoms with Crippen molar-refractivity contribution in [1.29, 1.82) is 0 Å². The Morgan fingerprint density at radius 2 is 1.68 bits per heavy atom. The van der Waals surface area contributed by atoms with E-state index in [1.54, 1.807) is 26.8 Å². The molecule has 0 aliphatic heterocycles. The number of anilines is 1. The van der Waals surface area contributed by atoms with Gasteiger partial charge in [0.15, 0.2) is 0 Å². The number of rotatable bonds is 7. The van der Waals surface area contributed by atoms with Gasteiger partial charge in [-0.15, -0.1) is 0 Å². The number of aliphatic hydroxyl groups is 2. The van der Waals surface area contributed by atoms with Crippen LogP contribution in [0.3, 0.4) is 0 Å². The maximum Gasteiger partial charge on any atom is 0.514 e. The smallest absolute Gasteiger partial charge is 0.428 e. The summed E-state index contributed by atoms with van der Waals surface area (Å²) in [7, 11) is 0. The van der Waals surface area contributed by atoms with Crippen molar-refractivity contribution in [3.63, 3.8) is 0 Å². The SMILES string of the molecule is CC(C)(C)OC(=O)Oc1cc(NCc2ccccc2)c(CC(O)CO)c2ccccc12. The number of nitrogens with one attached hydrogen (secondary N) is 1. The molecule has 0 aliphatic carbocycles. The number of carbonyl (C=O) groups is 1. The molecular formula is C25H29NO5. The fourth-order valence-electron chi connectivity index (χ4n) is 3.32. The highest BCUT2D eigenvalue weighted by Gasteiger charge is 2.21. The largest absolute Gasteiger partial charge is 0.514 e. The van der Waals surface area contributed by atoms with E-state index in [4.69, 9.17) is 9.47 Å². The summed E-state index contributed by atoms with van der Waals surface area (Å²) in [6.45, 7) is 5.53. The summed E-state index contributed by atoms with van der Waals surface area (Å²) in [5.41, 5.74) is 1.96. The Morgan fingerprint density at radius 1 is 1.03 bits per heavy atom. The number of fused-ring (bicyclic) bond motifs is 1. The number of ether oxygens (including phenoxy) is 2. The van der Waals surface area contributed by atoms with Crippen molar-refractivity contribution in [2.75, 3.05) is 11.9 Å². The van der Waals surface area contributed by atoms with Crippen LogP contribution in [0.15, 0.2) is 60.7 Å². The predicted octanol–water partition coefficient (Wildman–Crippen LogP) is 4.66. The Hall–Kier alpha value is -3.09. The summed E-state index contributed by atoms with van der Waals surface area (Å²) in [5.74, 6) is 0.364. The van der Waals surface area contributed by atoms with Gasteiger partial charge in [0.05, 0.1) is 12.7 Å². The topological polar surface area (TPSA) is 88.0 Å². The van der Waals surface area contributed by atoms with Crippen LogP contribution in [0.25, 0.3) is 10.8 Å². The van der Waals surface area contributed by atoms with Gasteiger partial charge in [0.1, 0.15) is 11.4 Å². The summed E-state index contributed by atoms with van der Waals surface area (Å²) >= 11 is 0. The monoisotopic (exact) mass is 423 g/mol. The van der Waals surface area contributed by atoms with Gasteiger partial charge in [-0.2, -0.15) is 0 Å². The van der Waals surface area contributed by atoms with E-state index in [1.807, 2.05) is 54.6 Å². The van der Waals surface area contributed by atoms with Crippen LogP contribution in [0.1, 0.15) is 31.9 Å². The van der Waals surface area contributed by atoms with E-state index >= 15 is 0 Å². The molecule has 3 N–H and O–H groups in total. The molecule has 0 spiro atoms. The van der Waals surface area contributed by atoms with E-state index < -0.39 is 17.9 Å². The molecule has 0 saturated heterocycles. The van der Waals surface area contributed by atoms with E-state index in [1.165, 1.54) is 0 Å². The quantitative estimate of drug-likeness (QED) is 0.378. The minimum absolute atomic E-state index is 0.251. The molecule has 3 aromatic rings. The summed E-state index contributed by atoms with van der Waals surface area (Å²) in [6.07, 6.45) is -1.44. The van der Waals surface area contributed by atoms with Gasteiger partial charge < -0.3 is 25.0 Å². The number of aliphatic hydroxyl groups excluding tert-OH is 2. The number of hydrogen-bond acceptors (Lipinski definition) is 6. The van der Waals surface area contributed by atoms with Crippen molar-refractivity contribution in [1.82, 2.24) is 0 Å². The molecule has 3 aromatic carbocycles. The van der Waals surface area contributed by atoms with Crippen LogP contribution >= 0.6 is 0 Å². The van der Waals surface area contributed by atoms with Gasteiger partial charge in [0, 0.05) is 30.1 Å². The van der Waals surface area contributed by atoms with Crippen molar-refractivity contribution < 1.29 is 24.5 Å². The first-order valence-electron chi connectivity index (χ1n) is 10.3. The first-order valence-corrected chi connectivity index (χ1v) is 10.3. The van der Waals surface area contributed by atoms with Crippen LogP contribution in [0.5, 0.6) is 5.75 Å². The van der Waals surface area contributed by atoms with Crippen LogP contribution in [0, 0.1) is 0 Å². The third kappa shape index (κ3) is 6.20. The van der Waals surface area contributed by atoms with Gasteiger partial charge in [-0.1, -0.05) is 54.6 Å². The fraction of sp³-hybridized carbons (Fsp3) is 0.320. The van der Waals surface area contributed by atoms with Crippen LogP contribution in [-0.2, 0) is 17.7 Å². The second kappa shape index (κ2) is 9.81. The summed E-state index contributed by atoms with van der Waals surface area (Å²) < 4.78 is 10.9. The van der Waals surface area contributed by atoms with Gasteiger partial charge in [-0.3, -0.25) is 0 Å². The molecule has 0 fully saturated rings. The Morgan fingerprint density at radius 3 is 2.32 bits per heavy atom. The van der Waals surface area contributed by atoms with E-state index in [0.717, 1.165) is 21.9 Å². The van der Waals surface area contributed by atoms with Crippen molar-refractivity contribution >= 4 is 22.6 Å². The third-order valence-electron chi connectivity index (χ3n) is 4.68. The molecule has 31 heavy (non-hydrogen) atoms. The highest BCUT2D eigenvalue weighted by atomic mass is 16.7. The molecule has 6 nitrogen and oxygen atoms in total. The second-order valence-corrected chi connectivity index (χ2v) is 8.39. The van der Waals surface area contributed by atoms with Crippen LogP contribution < -0.4 is 10.1 Å². The highest BCUT2D eigenvalue weighted by Crippen LogP contribution is 2.36. The first kappa shape index (κ1) is 22.6. The molecule has 0 saturated carbocycles.